The van der Waals surface area contributed by atoms with E-state index in [1.165, 1.54) is 30.5 Å². The van der Waals surface area contributed by atoms with E-state index in [1.807, 2.05) is 19.1 Å². The fourth-order valence-corrected chi connectivity index (χ4v) is 5.07. The second kappa shape index (κ2) is 8.34. The minimum absolute atomic E-state index is 0.103. The van der Waals surface area contributed by atoms with Gasteiger partial charge in [0.25, 0.3) is 0 Å². The molecule has 0 aliphatic carbocycles. The third-order valence-electron chi connectivity index (χ3n) is 5.09. The highest BCUT2D eigenvalue weighted by atomic mass is 32.2. The van der Waals surface area contributed by atoms with Crippen LogP contribution in [0.4, 0.5) is 5.69 Å². The van der Waals surface area contributed by atoms with Gasteiger partial charge in [-0.1, -0.05) is 12.1 Å². The van der Waals surface area contributed by atoms with Crippen LogP contribution in [0.3, 0.4) is 0 Å². The lowest BCUT2D eigenvalue weighted by molar-refractivity contribution is 0.0600. The van der Waals surface area contributed by atoms with E-state index in [4.69, 9.17) is 4.74 Å². The molecule has 0 aromatic heterocycles. The van der Waals surface area contributed by atoms with Crippen molar-refractivity contribution in [3.05, 3.63) is 59.7 Å². The summed E-state index contributed by atoms with van der Waals surface area (Å²) in [6.07, 6.45) is 0. The predicted molar refractivity (Wildman–Crippen MR) is 110 cm³/mol. The lowest BCUT2D eigenvalue weighted by Crippen LogP contribution is -2.54. The quantitative estimate of drug-likeness (QED) is 0.550. The smallest absolute Gasteiger partial charge is 0.337 e. The first-order valence-electron chi connectivity index (χ1n) is 9.30. The van der Waals surface area contributed by atoms with Crippen molar-refractivity contribution in [3.8, 4) is 0 Å². The van der Waals surface area contributed by atoms with E-state index in [0.29, 0.717) is 30.8 Å². The molecule has 3 rings (SSSR count). The standard InChI is InChI=1S/C21H24N2O5S/c1-15-14-22(19-8-4-18(5-9-19)21(25)28-3)12-13-23(15)29(26,27)20-10-6-17(7-11-20)16(2)24/h4-11,15H,12-14H2,1-3H3. The minimum atomic E-state index is -3.65. The summed E-state index contributed by atoms with van der Waals surface area (Å²) in [4.78, 5) is 25.3. The molecular weight excluding hydrogens is 392 g/mol. The first-order chi connectivity index (χ1) is 13.7. The monoisotopic (exact) mass is 416 g/mol. The van der Waals surface area contributed by atoms with Crippen molar-refractivity contribution in [1.29, 1.82) is 0 Å². The van der Waals surface area contributed by atoms with Crippen molar-refractivity contribution < 1.29 is 22.7 Å². The van der Waals surface area contributed by atoms with Gasteiger partial charge >= 0.3 is 5.97 Å². The molecule has 1 heterocycles. The number of piperazine rings is 1. The van der Waals surface area contributed by atoms with E-state index < -0.39 is 16.0 Å². The SMILES string of the molecule is COC(=O)c1ccc(N2CCN(S(=O)(=O)c3ccc(C(C)=O)cc3)C(C)C2)cc1. The molecule has 1 fully saturated rings. The number of esters is 1. The zero-order valence-electron chi connectivity index (χ0n) is 16.7. The van der Waals surface area contributed by atoms with Crippen molar-refractivity contribution in [2.24, 2.45) is 0 Å². The van der Waals surface area contributed by atoms with Crippen molar-refractivity contribution in [2.45, 2.75) is 24.8 Å². The Kier molecular flexibility index (Phi) is 6.04. The Bertz CT molecular complexity index is 1000. The minimum Gasteiger partial charge on any atom is -0.465 e. The molecule has 1 atom stereocenters. The van der Waals surface area contributed by atoms with Crippen molar-refractivity contribution in [2.75, 3.05) is 31.6 Å². The Morgan fingerprint density at radius 1 is 0.966 bits per heavy atom. The lowest BCUT2D eigenvalue weighted by atomic mass is 10.1. The molecule has 1 saturated heterocycles. The highest BCUT2D eigenvalue weighted by Gasteiger charge is 2.33. The van der Waals surface area contributed by atoms with Crippen LogP contribution in [0.25, 0.3) is 0 Å². The number of carbonyl (C=O) groups is 2. The van der Waals surface area contributed by atoms with Gasteiger partial charge < -0.3 is 9.64 Å². The molecule has 0 bridgehead atoms. The van der Waals surface area contributed by atoms with Crippen LogP contribution in [0.2, 0.25) is 0 Å². The molecule has 154 valence electrons. The number of sulfonamides is 1. The molecule has 1 aliphatic rings. The van der Waals surface area contributed by atoms with Crippen LogP contribution in [0.1, 0.15) is 34.6 Å². The average Bonchev–Trinajstić information content (AvgIpc) is 2.73. The summed E-state index contributed by atoms with van der Waals surface area (Å²) in [5.41, 5.74) is 1.88. The summed E-state index contributed by atoms with van der Waals surface area (Å²) in [5, 5.41) is 0. The topological polar surface area (TPSA) is 84.0 Å². The fraction of sp³-hybridized carbons (Fsp3) is 0.333. The van der Waals surface area contributed by atoms with Gasteiger partial charge in [-0.2, -0.15) is 4.31 Å². The van der Waals surface area contributed by atoms with Gasteiger partial charge in [0, 0.05) is 36.9 Å². The molecule has 29 heavy (non-hydrogen) atoms. The van der Waals surface area contributed by atoms with Gasteiger partial charge in [0.15, 0.2) is 5.78 Å². The summed E-state index contributed by atoms with van der Waals surface area (Å²) in [5.74, 6) is -0.495. The number of rotatable bonds is 5. The van der Waals surface area contributed by atoms with Crippen LogP contribution in [-0.4, -0.2) is 57.3 Å². The van der Waals surface area contributed by atoms with E-state index in [0.717, 1.165) is 5.69 Å². The second-order valence-corrected chi connectivity index (χ2v) is 8.92. The van der Waals surface area contributed by atoms with Crippen LogP contribution in [0.5, 0.6) is 0 Å². The first-order valence-corrected chi connectivity index (χ1v) is 10.7. The molecule has 1 aliphatic heterocycles. The summed E-state index contributed by atoms with van der Waals surface area (Å²) in [7, 11) is -2.31. The van der Waals surface area contributed by atoms with Crippen LogP contribution in [0, 0.1) is 0 Å². The maximum atomic E-state index is 13.0. The van der Waals surface area contributed by atoms with Crippen LogP contribution in [-0.2, 0) is 14.8 Å². The Morgan fingerprint density at radius 3 is 2.07 bits per heavy atom. The van der Waals surface area contributed by atoms with E-state index in [2.05, 4.69) is 4.90 Å². The first kappa shape index (κ1) is 21.0. The van der Waals surface area contributed by atoms with Gasteiger partial charge in [-0.15, -0.1) is 0 Å². The molecule has 7 nitrogen and oxygen atoms in total. The number of hydrogen-bond acceptors (Lipinski definition) is 6. The number of carbonyl (C=O) groups excluding carboxylic acids is 2. The summed E-state index contributed by atoms with van der Waals surface area (Å²) in [6.45, 7) is 4.73. The lowest BCUT2D eigenvalue weighted by Gasteiger charge is -2.40. The van der Waals surface area contributed by atoms with Gasteiger partial charge in [0.2, 0.25) is 10.0 Å². The Balaban J connectivity index is 1.73. The molecule has 0 saturated carbocycles. The molecular formula is C21H24N2O5S. The normalized spacial score (nSPS) is 17.8. The number of anilines is 1. The molecule has 2 aromatic rings. The average molecular weight is 416 g/mol. The molecule has 0 N–H and O–H groups in total. The maximum absolute atomic E-state index is 13.0. The number of methoxy groups -OCH3 is 1. The second-order valence-electron chi connectivity index (χ2n) is 7.03. The molecule has 0 radical (unpaired) electrons. The third kappa shape index (κ3) is 4.33. The van der Waals surface area contributed by atoms with E-state index in [9.17, 15) is 18.0 Å². The van der Waals surface area contributed by atoms with E-state index in [-0.39, 0.29) is 16.7 Å². The molecule has 1 unspecified atom stereocenters. The zero-order chi connectivity index (χ0) is 21.2. The fourth-order valence-electron chi connectivity index (χ4n) is 3.46. The Labute approximate surface area is 170 Å². The van der Waals surface area contributed by atoms with Crippen LogP contribution >= 0.6 is 0 Å². The maximum Gasteiger partial charge on any atom is 0.337 e. The molecule has 8 heteroatoms. The van der Waals surface area contributed by atoms with Gasteiger partial charge in [-0.05, 0) is 50.2 Å². The molecule has 0 spiro atoms. The number of Topliss-reactive ketones (excluding diaryl/α,β-unsaturated/α-hetero) is 1. The van der Waals surface area contributed by atoms with Gasteiger partial charge in [-0.25, -0.2) is 13.2 Å². The van der Waals surface area contributed by atoms with Crippen LogP contribution < -0.4 is 4.90 Å². The summed E-state index contributed by atoms with van der Waals surface area (Å²) in [6, 6.07) is 12.9. The molecule has 2 aromatic carbocycles. The zero-order valence-corrected chi connectivity index (χ0v) is 17.5. The third-order valence-corrected chi connectivity index (χ3v) is 7.12. The summed E-state index contributed by atoms with van der Waals surface area (Å²) < 4.78 is 32.3. The Morgan fingerprint density at radius 2 is 1.55 bits per heavy atom. The summed E-state index contributed by atoms with van der Waals surface area (Å²) >= 11 is 0. The molecule has 0 amide bonds. The van der Waals surface area contributed by atoms with Gasteiger partial charge in [-0.3, -0.25) is 4.79 Å². The van der Waals surface area contributed by atoms with Crippen molar-refractivity contribution >= 4 is 27.5 Å². The van der Waals surface area contributed by atoms with Crippen molar-refractivity contribution in [3.63, 3.8) is 0 Å². The number of ether oxygens (including phenoxy) is 1. The van der Waals surface area contributed by atoms with Gasteiger partial charge in [0.05, 0.1) is 17.6 Å². The van der Waals surface area contributed by atoms with Gasteiger partial charge in [0.1, 0.15) is 0 Å². The van der Waals surface area contributed by atoms with E-state index >= 15 is 0 Å². The highest BCUT2D eigenvalue weighted by Crippen LogP contribution is 2.25. The number of benzene rings is 2. The number of hydrogen-bond donors (Lipinski definition) is 0. The largest absolute Gasteiger partial charge is 0.465 e. The Hall–Kier alpha value is -2.71. The number of nitrogens with zero attached hydrogens (tertiary/aromatic N) is 2. The number of ketones is 1. The van der Waals surface area contributed by atoms with Crippen molar-refractivity contribution in [1.82, 2.24) is 4.31 Å². The van der Waals surface area contributed by atoms with Crippen LogP contribution in [0.15, 0.2) is 53.4 Å². The highest BCUT2D eigenvalue weighted by molar-refractivity contribution is 7.89. The predicted octanol–water partition coefficient (Wildman–Crippen LogP) is 2.58. The van der Waals surface area contributed by atoms with E-state index in [1.54, 1.807) is 24.3 Å².